The van der Waals surface area contributed by atoms with E-state index in [1.54, 1.807) is 48.8 Å². The van der Waals surface area contributed by atoms with Crippen molar-refractivity contribution >= 4 is 22.8 Å². The Morgan fingerprint density at radius 1 is 1.03 bits per heavy atom. The summed E-state index contributed by atoms with van der Waals surface area (Å²) in [4.78, 5) is 31.7. The molecule has 9 heteroatoms. The zero-order valence-electron chi connectivity index (χ0n) is 18.4. The molecule has 4 rings (SSSR count). The predicted molar refractivity (Wildman–Crippen MR) is 130 cm³/mol. The van der Waals surface area contributed by atoms with E-state index in [0.717, 1.165) is 16.7 Å². The number of hydrogen-bond acceptors (Lipinski definition) is 7. The largest absolute Gasteiger partial charge is 0.491 e. The van der Waals surface area contributed by atoms with Crippen molar-refractivity contribution < 1.29 is 19.4 Å². The molecule has 0 fully saturated rings. The molecule has 2 aromatic heterocycles. The topological polar surface area (TPSA) is 153 Å². The quantitative estimate of drug-likeness (QED) is 0.145. The molecule has 1 atom stereocenters. The van der Waals surface area contributed by atoms with Gasteiger partial charge in [-0.3, -0.25) is 20.0 Å². The maximum absolute atomic E-state index is 12.3. The number of nitrogens with zero attached hydrogens (tertiary/aromatic N) is 2. The van der Waals surface area contributed by atoms with Gasteiger partial charge in [0.05, 0.1) is 16.8 Å². The van der Waals surface area contributed by atoms with Gasteiger partial charge in [0, 0.05) is 34.5 Å². The second kappa shape index (κ2) is 10.4. The van der Waals surface area contributed by atoms with Gasteiger partial charge in [0.15, 0.2) is 0 Å². The van der Waals surface area contributed by atoms with Crippen LogP contribution in [0.1, 0.15) is 21.5 Å². The lowest BCUT2D eigenvalue weighted by atomic mass is 10.0. The Hall–Kier alpha value is -4.78. The van der Waals surface area contributed by atoms with Crippen LogP contribution in [0.2, 0.25) is 0 Å². The molecule has 9 nitrogen and oxygen atoms in total. The van der Waals surface area contributed by atoms with Gasteiger partial charge in [0.2, 0.25) is 0 Å². The summed E-state index contributed by atoms with van der Waals surface area (Å²) in [5, 5.41) is 9.41. The predicted octanol–water partition coefficient (Wildman–Crippen LogP) is 2.09. The number of aliphatic carboxylic acids is 1. The summed E-state index contributed by atoms with van der Waals surface area (Å²) < 4.78 is 5.36. The van der Waals surface area contributed by atoms with E-state index in [2.05, 4.69) is 27.2 Å². The van der Waals surface area contributed by atoms with E-state index >= 15 is 0 Å². The number of benzene rings is 2. The third-order valence-corrected chi connectivity index (χ3v) is 5.12. The summed E-state index contributed by atoms with van der Waals surface area (Å²) in [5.41, 5.74) is 11.6. The molecule has 2 aromatic carbocycles. The number of carbonyl (C=O) groups is 2. The van der Waals surface area contributed by atoms with Crippen molar-refractivity contribution in [3.05, 3.63) is 89.7 Å². The smallest absolute Gasteiger partial charge is 0.324 e. The highest BCUT2D eigenvalue weighted by atomic mass is 16.5. The van der Waals surface area contributed by atoms with E-state index < -0.39 is 17.9 Å². The SMILES string of the molecule is NNC(=O)c1cc(-c2ccc(C#Cc3ccc(OCC(N)C(=O)O)cc3)cc2)nc2ccncc12. The third kappa shape index (κ3) is 5.59. The Balaban J connectivity index is 1.50. The highest BCUT2D eigenvalue weighted by Crippen LogP contribution is 2.24. The number of aromatic nitrogens is 2. The molecule has 0 radical (unpaired) electrons. The van der Waals surface area contributed by atoms with Crippen LogP contribution >= 0.6 is 0 Å². The van der Waals surface area contributed by atoms with Crippen LogP contribution in [0, 0.1) is 11.8 Å². The van der Waals surface area contributed by atoms with Gasteiger partial charge in [-0.25, -0.2) is 10.8 Å². The molecule has 1 unspecified atom stereocenters. The molecule has 4 aromatic rings. The van der Waals surface area contributed by atoms with Crippen LogP contribution in [0.3, 0.4) is 0 Å². The van der Waals surface area contributed by atoms with Crippen LogP contribution in [0.15, 0.2) is 73.1 Å². The van der Waals surface area contributed by atoms with E-state index in [-0.39, 0.29) is 6.61 Å². The molecule has 0 spiro atoms. The van der Waals surface area contributed by atoms with E-state index in [4.69, 9.17) is 21.4 Å². The molecule has 0 bridgehead atoms. The van der Waals surface area contributed by atoms with E-state index in [1.807, 2.05) is 24.3 Å². The average Bonchev–Trinajstić information content (AvgIpc) is 2.90. The number of nitrogens with two attached hydrogens (primary N) is 2. The van der Waals surface area contributed by atoms with Crippen LogP contribution in [0.25, 0.3) is 22.2 Å². The number of carboxylic acid groups (broad SMARTS) is 1. The summed E-state index contributed by atoms with van der Waals surface area (Å²) in [6, 6.07) is 16.8. The van der Waals surface area contributed by atoms with E-state index in [1.165, 1.54) is 0 Å². The Bertz CT molecular complexity index is 1440. The van der Waals surface area contributed by atoms with Gasteiger partial charge >= 0.3 is 5.97 Å². The average molecular weight is 467 g/mol. The fraction of sp³-hybridized carbons (Fsp3) is 0.0769. The highest BCUT2D eigenvalue weighted by Gasteiger charge is 2.13. The first-order valence-electron chi connectivity index (χ1n) is 10.5. The van der Waals surface area contributed by atoms with E-state index in [9.17, 15) is 9.59 Å². The van der Waals surface area contributed by atoms with Crippen LogP contribution in [0.5, 0.6) is 5.75 Å². The first-order chi connectivity index (χ1) is 16.9. The Kier molecular flexibility index (Phi) is 6.97. The zero-order chi connectivity index (χ0) is 24.8. The number of carbonyl (C=O) groups excluding carboxylic acids is 1. The second-order valence-electron chi connectivity index (χ2n) is 7.53. The zero-order valence-corrected chi connectivity index (χ0v) is 18.4. The number of nitrogens with one attached hydrogen (secondary N) is 1. The maximum Gasteiger partial charge on any atom is 0.324 e. The summed E-state index contributed by atoms with van der Waals surface area (Å²) in [6.45, 7) is -0.117. The fourth-order valence-corrected chi connectivity index (χ4v) is 3.24. The van der Waals surface area contributed by atoms with Crippen LogP contribution in [-0.4, -0.2) is 39.6 Å². The molecule has 0 aliphatic rings. The van der Waals surface area contributed by atoms with Crippen LogP contribution in [-0.2, 0) is 4.79 Å². The molecule has 1 amide bonds. The first kappa shape index (κ1) is 23.4. The van der Waals surface area contributed by atoms with Crippen molar-refractivity contribution in [3.8, 4) is 28.8 Å². The minimum Gasteiger partial charge on any atom is -0.491 e. The number of amides is 1. The third-order valence-electron chi connectivity index (χ3n) is 5.12. The van der Waals surface area contributed by atoms with Gasteiger partial charge in [-0.05, 0) is 48.5 Å². The highest BCUT2D eigenvalue weighted by molar-refractivity contribution is 6.06. The van der Waals surface area contributed by atoms with Gasteiger partial charge in [-0.2, -0.15) is 0 Å². The summed E-state index contributed by atoms with van der Waals surface area (Å²) in [6.07, 6.45) is 3.20. The Morgan fingerprint density at radius 2 is 1.69 bits per heavy atom. The molecular formula is C26H21N5O4. The van der Waals surface area contributed by atoms with Gasteiger partial charge < -0.3 is 15.6 Å². The van der Waals surface area contributed by atoms with Crippen molar-refractivity contribution in [1.82, 2.24) is 15.4 Å². The van der Waals surface area contributed by atoms with Crippen molar-refractivity contribution in [1.29, 1.82) is 0 Å². The van der Waals surface area contributed by atoms with Crippen molar-refractivity contribution in [3.63, 3.8) is 0 Å². The maximum atomic E-state index is 12.3. The normalized spacial score (nSPS) is 11.3. The number of pyridine rings is 2. The molecule has 0 saturated carbocycles. The van der Waals surface area contributed by atoms with Gasteiger partial charge in [0.1, 0.15) is 18.4 Å². The summed E-state index contributed by atoms with van der Waals surface area (Å²) >= 11 is 0. The Morgan fingerprint density at radius 3 is 2.31 bits per heavy atom. The van der Waals surface area contributed by atoms with Crippen LogP contribution < -0.4 is 21.7 Å². The first-order valence-corrected chi connectivity index (χ1v) is 10.5. The summed E-state index contributed by atoms with van der Waals surface area (Å²) in [5.74, 6) is 10.5. The number of nitrogen functional groups attached to an aromatic ring is 1. The minimum absolute atomic E-state index is 0.117. The molecule has 0 aliphatic heterocycles. The fourth-order valence-electron chi connectivity index (χ4n) is 3.24. The molecule has 6 N–H and O–H groups in total. The number of hydrogen-bond donors (Lipinski definition) is 4. The lowest BCUT2D eigenvalue weighted by Gasteiger charge is -2.09. The number of fused-ring (bicyclic) bond motifs is 1. The molecule has 174 valence electrons. The standard InChI is InChI=1S/C26H21N5O4/c27-22(26(33)34)15-35-19-9-5-17(6-10-19)2-1-16-3-7-18(8-4-16)24-13-20(25(32)31-28)21-14-29-12-11-23(21)30-24/h3-14,22H,15,27-28H2,(H,31,32)(H,33,34). The lowest BCUT2D eigenvalue weighted by molar-refractivity contribution is -0.139. The Labute approximate surface area is 200 Å². The number of carboxylic acids is 1. The summed E-state index contributed by atoms with van der Waals surface area (Å²) in [7, 11) is 0. The lowest BCUT2D eigenvalue weighted by Crippen LogP contribution is -2.36. The molecule has 0 aliphatic carbocycles. The van der Waals surface area contributed by atoms with Crippen LogP contribution in [0.4, 0.5) is 0 Å². The van der Waals surface area contributed by atoms with Gasteiger partial charge in [0.25, 0.3) is 5.91 Å². The van der Waals surface area contributed by atoms with Gasteiger partial charge in [-0.1, -0.05) is 24.0 Å². The van der Waals surface area contributed by atoms with Crippen molar-refractivity contribution in [2.24, 2.45) is 11.6 Å². The van der Waals surface area contributed by atoms with Crippen molar-refractivity contribution in [2.45, 2.75) is 6.04 Å². The number of rotatable bonds is 6. The van der Waals surface area contributed by atoms with E-state index in [0.29, 0.717) is 27.9 Å². The second-order valence-corrected chi connectivity index (χ2v) is 7.53. The molecule has 35 heavy (non-hydrogen) atoms. The number of ether oxygens (including phenoxy) is 1. The monoisotopic (exact) mass is 467 g/mol. The minimum atomic E-state index is -1.12. The van der Waals surface area contributed by atoms with Gasteiger partial charge in [-0.15, -0.1) is 0 Å². The molecule has 2 heterocycles. The van der Waals surface area contributed by atoms with Crippen molar-refractivity contribution in [2.75, 3.05) is 6.61 Å². The molecule has 0 saturated heterocycles. The molecular weight excluding hydrogens is 446 g/mol. The number of hydrazine groups is 1.